The molecule has 0 aliphatic rings. The summed E-state index contributed by atoms with van der Waals surface area (Å²) in [6, 6.07) is 3.82. The first-order chi connectivity index (χ1) is 8.11. The Balaban J connectivity index is 2.45. The van der Waals surface area contributed by atoms with Gasteiger partial charge in [-0.25, -0.2) is 9.97 Å². The summed E-state index contributed by atoms with van der Waals surface area (Å²) in [4.78, 5) is 19.4. The first kappa shape index (κ1) is 11.9. The van der Waals surface area contributed by atoms with E-state index < -0.39 is 5.97 Å². The van der Waals surface area contributed by atoms with E-state index >= 15 is 0 Å². The fraction of sp³-hybridized carbons (Fsp3) is 0.364. The van der Waals surface area contributed by atoms with E-state index in [-0.39, 0.29) is 5.75 Å². The van der Waals surface area contributed by atoms with E-state index in [9.17, 15) is 4.79 Å². The Morgan fingerprint density at radius 3 is 2.88 bits per heavy atom. The number of rotatable bonds is 4. The van der Waals surface area contributed by atoms with E-state index in [2.05, 4.69) is 9.97 Å². The molecule has 2 heterocycles. The van der Waals surface area contributed by atoms with E-state index in [4.69, 9.17) is 5.11 Å². The molecule has 0 aliphatic carbocycles. The number of fused-ring (bicyclic) bond motifs is 1. The van der Waals surface area contributed by atoms with Gasteiger partial charge in [0.1, 0.15) is 5.52 Å². The number of thioether (sulfide) groups is 1. The van der Waals surface area contributed by atoms with Crippen LogP contribution in [0.15, 0.2) is 17.3 Å². The van der Waals surface area contributed by atoms with Crippen molar-refractivity contribution in [2.45, 2.75) is 25.5 Å². The molecule has 0 atom stereocenters. The van der Waals surface area contributed by atoms with E-state index in [0.717, 1.165) is 23.4 Å². The molecule has 2 aromatic heterocycles. The third-order valence-corrected chi connectivity index (χ3v) is 3.30. The Kier molecular flexibility index (Phi) is 3.33. The van der Waals surface area contributed by atoms with Crippen LogP contribution in [0.25, 0.3) is 11.2 Å². The highest BCUT2D eigenvalue weighted by Gasteiger charge is 2.12. The maximum Gasteiger partial charge on any atom is 0.313 e. The van der Waals surface area contributed by atoms with Crippen LogP contribution in [-0.2, 0) is 11.3 Å². The van der Waals surface area contributed by atoms with Crippen LogP contribution in [0.1, 0.15) is 12.6 Å². The highest BCUT2D eigenvalue weighted by molar-refractivity contribution is 7.99. The van der Waals surface area contributed by atoms with Crippen molar-refractivity contribution in [3.8, 4) is 0 Å². The van der Waals surface area contributed by atoms with Crippen LogP contribution >= 0.6 is 11.8 Å². The maximum atomic E-state index is 10.6. The maximum absolute atomic E-state index is 10.6. The summed E-state index contributed by atoms with van der Waals surface area (Å²) < 4.78 is 1.94. The van der Waals surface area contributed by atoms with Crippen LogP contribution < -0.4 is 0 Å². The molecule has 0 amide bonds. The topological polar surface area (TPSA) is 68.0 Å². The van der Waals surface area contributed by atoms with Crippen LogP contribution in [0.4, 0.5) is 0 Å². The molecule has 0 fully saturated rings. The lowest BCUT2D eigenvalue weighted by molar-refractivity contribution is -0.133. The number of carboxylic acid groups (broad SMARTS) is 1. The molecule has 0 bridgehead atoms. The summed E-state index contributed by atoms with van der Waals surface area (Å²) in [7, 11) is 0. The summed E-state index contributed by atoms with van der Waals surface area (Å²) in [6.07, 6.45) is 0. The van der Waals surface area contributed by atoms with Gasteiger partial charge >= 0.3 is 5.97 Å². The smallest absolute Gasteiger partial charge is 0.313 e. The van der Waals surface area contributed by atoms with E-state index in [1.165, 1.54) is 11.8 Å². The largest absolute Gasteiger partial charge is 0.481 e. The van der Waals surface area contributed by atoms with Crippen molar-refractivity contribution in [1.82, 2.24) is 14.5 Å². The molecule has 0 aliphatic heterocycles. The zero-order chi connectivity index (χ0) is 12.4. The number of pyridine rings is 1. The molecule has 0 spiro atoms. The molecular weight excluding hydrogens is 238 g/mol. The minimum absolute atomic E-state index is 0.0162. The molecule has 0 unspecified atom stereocenters. The summed E-state index contributed by atoms with van der Waals surface area (Å²) >= 11 is 1.22. The summed E-state index contributed by atoms with van der Waals surface area (Å²) in [5, 5.41) is 9.39. The number of carbonyl (C=O) groups is 1. The standard InChI is InChI=1S/C11H13N3O2S/c1-3-14-10-8(5-4-7(2)12-10)13-11(14)17-6-9(15)16/h4-5H,3,6H2,1-2H3,(H,15,16). The predicted molar refractivity (Wildman–Crippen MR) is 66.3 cm³/mol. The minimum atomic E-state index is -0.839. The predicted octanol–water partition coefficient (Wildman–Crippen LogP) is 1.94. The summed E-state index contributed by atoms with van der Waals surface area (Å²) in [5.41, 5.74) is 2.56. The Bertz CT molecular complexity index is 565. The average molecular weight is 251 g/mol. The number of hydrogen-bond acceptors (Lipinski definition) is 4. The quantitative estimate of drug-likeness (QED) is 0.841. The van der Waals surface area contributed by atoms with E-state index in [1.807, 2.05) is 30.5 Å². The van der Waals surface area contributed by atoms with Gasteiger partial charge in [-0.1, -0.05) is 11.8 Å². The van der Waals surface area contributed by atoms with Crippen LogP contribution in [0, 0.1) is 6.92 Å². The third-order valence-electron chi connectivity index (χ3n) is 2.34. The first-order valence-electron chi connectivity index (χ1n) is 5.30. The summed E-state index contributed by atoms with van der Waals surface area (Å²) in [5.74, 6) is -0.823. The highest BCUT2D eigenvalue weighted by Crippen LogP contribution is 2.22. The normalized spacial score (nSPS) is 10.9. The molecule has 2 aromatic rings. The fourth-order valence-corrected chi connectivity index (χ4v) is 2.38. The number of aromatic nitrogens is 3. The Labute approximate surface area is 103 Å². The van der Waals surface area contributed by atoms with Crippen molar-refractivity contribution in [1.29, 1.82) is 0 Å². The van der Waals surface area contributed by atoms with Gasteiger partial charge in [0.05, 0.1) is 5.75 Å². The zero-order valence-corrected chi connectivity index (χ0v) is 10.5. The first-order valence-corrected chi connectivity index (χ1v) is 6.29. The molecule has 0 saturated carbocycles. The molecule has 0 saturated heterocycles. The van der Waals surface area contributed by atoms with Crippen molar-refractivity contribution in [3.05, 3.63) is 17.8 Å². The van der Waals surface area contributed by atoms with Crippen molar-refractivity contribution < 1.29 is 9.90 Å². The van der Waals surface area contributed by atoms with Crippen molar-refractivity contribution in [2.24, 2.45) is 0 Å². The van der Waals surface area contributed by atoms with Crippen molar-refractivity contribution in [2.75, 3.05) is 5.75 Å². The average Bonchev–Trinajstić information content (AvgIpc) is 2.63. The molecule has 0 radical (unpaired) electrons. The number of aliphatic carboxylic acids is 1. The molecule has 90 valence electrons. The monoisotopic (exact) mass is 251 g/mol. The van der Waals surface area contributed by atoms with E-state index in [1.54, 1.807) is 0 Å². The van der Waals surface area contributed by atoms with Gasteiger partial charge in [-0.2, -0.15) is 0 Å². The Morgan fingerprint density at radius 1 is 1.47 bits per heavy atom. The molecule has 17 heavy (non-hydrogen) atoms. The number of aryl methyl sites for hydroxylation is 2. The second-order valence-corrected chi connectivity index (χ2v) is 4.56. The second-order valence-electron chi connectivity index (χ2n) is 3.62. The van der Waals surface area contributed by atoms with Crippen LogP contribution in [0.2, 0.25) is 0 Å². The van der Waals surface area contributed by atoms with Gasteiger partial charge in [0.25, 0.3) is 0 Å². The van der Waals surface area contributed by atoms with Gasteiger partial charge in [0.15, 0.2) is 10.8 Å². The van der Waals surface area contributed by atoms with Gasteiger partial charge in [-0.05, 0) is 26.0 Å². The number of carboxylic acids is 1. The minimum Gasteiger partial charge on any atom is -0.481 e. The zero-order valence-electron chi connectivity index (χ0n) is 9.67. The van der Waals surface area contributed by atoms with Crippen LogP contribution in [-0.4, -0.2) is 31.4 Å². The van der Waals surface area contributed by atoms with Crippen molar-refractivity contribution in [3.63, 3.8) is 0 Å². The SMILES string of the molecule is CCn1c(SCC(=O)O)nc2ccc(C)nc21. The van der Waals surface area contributed by atoms with Gasteiger partial charge < -0.3 is 9.67 Å². The molecule has 5 nitrogen and oxygen atoms in total. The van der Waals surface area contributed by atoms with Gasteiger partial charge in [0, 0.05) is 12.2 Å². The molecule has 0 aromatic carbocycles. The number of nitrogens with zero attached hydrogens (tertiary/aromatic N) is 3. The van der Waals surface area contributed by atoms with Crippen LogP contribution in [0.3, 0.4) is 0 Å². The van der Waals surface area contributed by atoms with Crippen molar-refractivity contribution >= 4 is 28.9 Å². The lowest BCUT2D eigenvalue weighted by Crippen LogP contribution is -2.02. The number of imidazole rings is 1. The highest BCUT2D eigenvalue weighted by atomic mass is 32.2. The van der Waals surface area contributed by atoms with Crippen LogP contribution in [0.5, 0.6) is 0 Å². The van der Waals surface area contributed by atoms with Gasteiger partial charge in [-0.3, -0.25) is 4.79 Å². The fourth-order valence-electron chi connectivity index (χ4n) is 1.60. The van der Waals surface area contributed by atoms with E-state index in [0.29, 0.717) is 5.16 Å². The van der Waals surface area contributed by atoms with Gasteiger partial charge in [-0.15, -0.1) is 0 Å². The second kappa shape index (κ2) is 4.75. The Morgan fingerprint density at radius 2 is 2.24 bits per heavy atom. The Hall–Kier alpha value is -1.56. The lowest BCUT2D eigenvalue weighted by atomic mass is 10.3. The lowest BCUT2D eigenvalue weighted by Gasteiger charge is -2.03. The molecule has 6 heteroatoms. The van der Waals surface area contributed by atoms with Gasteiger partial charge in [0.2, 0.25) is 0 Å². The molecule has 1 N–H and O–H groups in total. The molecule has 2 rings (SSSR count). The third kappa shape index (κ3) is 2.41. The molecular formula is C11H13N3O2S. The summed E-state index contributed by atoms with van der Waals surface area (Å²) in [6.45, 7) is 4.65. The number of hydrogen-bond donors (Lipinski definition) is 1.